The number of hydrogen-bond acceptors (Lipinski definition) is 10. The molecule has 0 fully saturated rings. The third-order valence-corrected chi connectivity index (χ3v) is 7.72. The van der Waals surface area contributed by atoms with Crippen molar-refractivity contribution in [1.82, 2.24) is 10.2 Å². The van der Waals surface area contributed by atoms with Gasteiger partial charge in [0.25, 0.3) is 0 Å². The first-order valence-corrected chi connectivity index (χ1v) is 15.9. The normalized spacial score (nSPS) is 10.5. The molecule has 1 aromatic heterocycles. The molecule has 0 unspecified atom stereocenters. The van der Waals surface area contributed by atoms with E-state index in [1.54, 1.807) is 24.3 Å². The largest absolute Gasteiger partial charge is 0.458 e. The zero-order chi connectivity index (χ0) is 36.5. The molecule has 0 N–H and O–H groups in total. The first-order chi connectivity index (χ1) is 25.3. The Bertz CT molecular complexity index is 2220. The number of esters is 3. The summed E-state index contributed by atoms with van der Waals surface area (Å²) in [7, 11) is 0. The number of carbonyl (C=O) groups is 3. The van der Waals surface area contributed by atoms with Crippen LogP contribution in [0, 0.1) is 0 Å². The second kappa shape index (κ2) is 15.9. The number of anilines is 3. The highest BCUT2D eigenvalue weighted by Gasteiger charge is 2.16. The maximum Gasteiger partial charge on any atom is 0.335 e. The average Bonchev–Trinajstić information content (AvgIpc) is 3.69. The Morgan fingerprint density at radius 1 is 0.519 bits per heavy atom. The minimum atomic E-state index is -0.550. The van der Waals surface area contributed by atoms with Crippen molar-refractivity contribution in [2.75, 3.05) is 4.90 Å². The third kappa shape index (κ3) is 8.27. The molecule has 10 nitrogen and oxygen atoms in total. The summed E-state index contributed by atoms with van der Waals surface area (Å²) in [5.74, 6) is -0.0163. The van der Waals surface area contributed by atoms with Crippen molar-refractivity contribution in [1.29, 1.82) is 0 Å². The van der Waals surface area contributed by atoms with E-state index in [2.05, 4.69) is 29.9 Å². The Hall–Kier alpha value is -7.33. The molecule has 0 aliphatic carbocycles. The molecule has 52 heavy (non-hydrogen) atoms. The highest BCUT2D eigenvalue weighted by Crippen LogP contribution is 2.37. The first-order valence-electron chi connectivity index (χ1n) is 15.9. The lowest BCUT2D eigenvalue weighted by atomic mass is 10.0. The molecular formula is C42H31N3O7. The SMILES string of the molecule is C=CC(=O)OCc1ccc(N(c2ccc(OC(=O)C=C)cc2)c2ccc(-c3nnc(-c4ccc(-c5ccc(OC(=O)C=C)cc5)cc4)o3)cc2)cc1. The van der Waals surface area contributed by atoms with Crippen LogP contribution < -0.4 is 14.4 Å². The van der Waals surface area contributed by atoms with E-state index >= 15 is 0 Å². The summed E-state index contributed by atoms with van der Waals surface area (Å²) in [5, 5.41) is 8.57. The van der Waals surface area contributed by atoms with Crippen molar-refractivity contribution in [3.05, 3.63) is 165 Å². The van der Waals surface area contributed by atoms with Gasteiger partial charge in [-0.15, -0.1) is 10.2 Å². The molecule has 0 radical (unpaired) electrons. The summed E-state index contributed by atoms with van der Waals surface area (Å²) in [6.07, 6.45) is 3.34. The van der Waals surface area contributed by atoms with Crippen LogP contribution in [0.15, 0.2) is 164 Å². The van der Waals surface area contributed by atoms with Gasteiger partial charge in [0.1, 0.15) is 18.1 Å². The Kier molecular flexibility index (Phi) is 10.6. The van der Waals surface area contributed by atoms with Gasteiger partial charge in [-0.05, 0) is 102 Å². The van der Waals surface area contributed by atoms with Gasteiger partial charge in [0.2, 0.25) is 11.8 Å². The molecule has 0 atom stereocenters. The van der Waals surface area contributed by atoms with Crippen LogP contribution in [0.1, 0.15) is 5.56 Å². The van der Waals surface area contributed by atoms with E-state index in [-0.39, 0.29) is 6.61 Å². The fourth-order valence-corrected chi connectivity index (χ4v) is 5.11. The van der Waals surface area contributed by atoms with Gasteiger partial charge in [0.05, 0.1) is 0 Å². The number of nitrogens with zero attached hydrogens (tertiary/aromatic N) is 3. The smallest absolute Gasteiger partial charge is 0.335 e. The summed E-state index contributed by atoms with van der Waals surface area (Å²) in [5.41, 5.74) is 6.66. The summed E-state index contributed by atoms with van der Waals surface area (Å²) < 4.78 is 21.6. The van der Waals surface area contributed by atoms with Crippen molar-refractivity contribution in [2.24, 2.45) is 0 Å². The fourth-order valence-electron chi connectivity index (χ4n) is 5.11. The minimum absolute atomic E-state index is 0.115. The third-order valence-electron chi connectivity index (χ3n) is 7.72. The molecule has 6 rings (SSSR count). The van der Waals surface area contributed by atoms with Gasteiger partial charge in [-0.2, -0.15) is 0 Å². The van der Waals surface area contributed by atoms with E-state index in [0.29, 0.717) is 23.3 Å². The van der Waals surface area contributed by atoms with Crippen LogP contribution >= 0.6 is 0 Å². The van der Waals surface area contributed by atoms with Crippen LogP contribution in [-0.4, -0.2) is 28.1 Å². The Morgan fingerprint density at radius 2 is 0.885 bits per heavy atom. The Morgan fingerprint density at radius 3 is 1.35 bits per heavy atom. The average molecular weight is 690 g/mol. The molecular weight excluding hydrogens is 658 g/mol. The van der Waals surface area contributed by atoms with Crippen LogP contribution in [0.5, 0.6) is 11.5 Å². The quantitative estimate of drug-likeness (QED) is 0.0660. The summed E-state index contributed by atoms with van der Waals surface area (Å²) in [6.45, 7) is 10.4. The van der Waals surface area contributed by atoms with E-state index < -0.39 is 17.9 Å². The molecule has 0 bridgehead atoms. The van der Waals surface area contributed by atoms with Crippen molar-refractivity contribution in [3.8, 4) is 45.5 Å². The first kappa shape index (κ1) is 34.5. The fraction of sp³-hybridized carbons (Fsp3) is 0.0238. The molecule has 256 valence electrons. The second-order valence-corrected chi connectivity index (χ2v) is 11.1. The van der Waals surface area contributed by atoms with E-state index in [1.807, 2.05) is 102 Å². The van der Waals surface area contributed by atoms with Crippen molar-refractivity contribution < 1.29 is 33.0 Å². The predicted octanol–water partition coefficient (Wildman–Crippen LogP) is 8.95. The van der Waals surface area contributed by atoms with Crippen LogP contribution in [0.25, 0.3) is 34.0 Å². The lowest BCUT2D eigenvalue weighted by Gasteiger charge is -2.26. The number of benzene rings is 5. The summed E-state index contributed by atoms with van der Waals surface area (Å²) >= 11 is 0. The molecule has 5 aromatic carbocycles. The van der Waals surface area contributed by atoms with Gasteiger partial charge < -0.3 is 23.5 Å². The van der Waals surface area contributed by atoms with Crippen LogP contribution in [0.4, 0.5) is 17.1 Å². The summed E-state index contributed by atoms with van der Waals surface area (Å²) in [4.78, 5) is 36.7. The van der Waals surface area contributed by atoms with Gasteiger partial charge in [-0.25, -0.2) is 14.4 Å². The van der Waals surface area contributed by atoms with Crippen molar-refractivity contribution in [2.45, 2.75) is 6.61 Å². The highest BCUT2D eigenvalue weighted by molar-refractivity contribution is 5.84. The topological polar surface area (TPSA) is 121 Å². The van der Waals surface area contributed by atoms with Crippen LogP contribution in [0.3, 0.4) is 0 Å². The monoisotopic (exact) mass is 689 g/mol. The number of hydrogen-bond donors (Lipinski definition) is 0. The van der Waals surface area contributed by atoms with E-state index in [4.69, 9.17) is 18.6 Å². The standard InChI is InChI=1S/C42H31N3O7/c1-4-38(46)49-27-28-7-17-33(18-8-28)45(35-21-25-37(26-22-35)51-40(48)6-3)34-19-13-32(14-20-34)42-44-43-41(52-42)31-11-9-29(10-12-31)30-15-23-36(24-16-30)50-39(47)5-2/h4-26H,1-3,27H2. The van der Waals surface area contributed by atoms with E-state index in [1.165, 1.54) is 0 Å². The summed E-state index contributed by atoms with van der Waals surface area (Å²) in [6, 6.07) is 37.2. The maximum atomic E-state index is 11.7. The van der Waals surface area contributed by atoms with Gasteiger partial charge >= 0.3 is 17.9 Å². The zero-order valence-corrected chi connectivity index (χ0v) is 27.8. The molecule has 10 heteroatoms. The van der Waals surface area contributed by atoms with E-state index in [0.717, 1.165) is 63.1 Å². The van der Waals surface area contributed by atoms with Crippen molar-refractivity contribution in [3.63, 3.8) is 0 Å². The van der Waals surface area contributed by atoms with E-state index in [9.17, 15) is 14.4 Å². The Labute approximate surface area is 299 Å². The molecule has 1 heterocycles. The zero-order valence-electron chi connectivity index (χ0n) is 27.8. The molecule has 0 amide bonds. The molecule has 0 saturated carbocycles. The highest BCUT2D eigenvalue weighted by atomic mass is 16.5. The molecule has 0 aliphatic rings. The molecule has 0 aliphatic heterocycles. The lowest BCUT2D eigenvalue weighted by molar-refractivity contribution is -0.139. The van der Waals surface area contributed by atoms with Crippen LogP contribution in [-0.2, 0) is 25.7 Å². The van der Waals surface area contributed by atoms with Gasteiger partial charge in [0, 0.05) is 46.4 Å². The van der Waals surface area contributed by atoms with Gasteiger partial charge in [0.15, 0.2) is 0 Å². The predicted molar refractivity (Wildman–Crippen MR) is 197 cm³/mol. The molecule has 0 spiro atoms. The van der Waals surface area contributed by atoms with Gasteiger partial charge in [-0.1, -0.05) is 56.1 Å². The van der Waals surface area contributed by atoms with Crippen LogP contribution in [0.2, 0.25) is 0 Å². The minimum Gasteiger partial charge on any atom is -0.458 e. The molecule has 0 saturated heterocycles. The number of carbonyl (C=O) groups excluding carboxylic acids is 3. The second-order valence-electron chi connectivity index (χ2n) is 11.1. The lowest BCUT2D eigenvalue weighted by Crippen LogP contribution is -2.10. The number of rotatable bonds is 13. The van der Waals surface area contributed by atoms with Crippen molar-refractivity contribution >= 4 is 35.0 Å². The molecule has 6 aromatic rings. The Balaban J connectivity index is 1.21. The maximum absolute atomic E-state index is 11.7. The number of aromatic nitrogens is 2. The van der Waals surface area contributed by atoms with Gasteiger partial charge in [-0.3, -0.25) is 0 Å². The number of ether oxygens (including phenoxy) is 3.